The predicted molar refractivity (Wildman–Crippen MR) is 70.5 cm³/mol. The number of aryl methyl sites for hydroxylation is 2. The molecule has 0 radical (unpaired) electrons. The maximum absolute atomic E-state index is 10.1. The van der Waals surface area contributed by atoms with Gasteiger partial charge in [-0.05, 0) is 25.5 Å². The zero-order valence-electron chi connectivity index (χ0n) is 10.3. The molecule has 2 aromatic heterocycles. The van der Waals surface area contributed by atoms with Crippen LogP contribution < -0.4 is 0 Å². The molecule has 2 rings (SSSR count). The Hall–Kier alpha value is -1.75. The second-order valence-electron chi connectivity index (χ2n) is 3.91. The molecule has 0 aliphatic carbocycles. The summed E-state index contributed by atoms with van der Waals surface area (Å²) in [5.74, 6) is 0. The van der Waals surface area contributed by atoms with Crippen molar-refractivity contribution in [3.8, 4) is 10.7 Å². The van der Waals surface area contributed by atoms with Gasteiger partial charge in [0.1, 0.15) is 10.7 Å². The first-order chi connectivity index (χ1) is 8.72. The van der Waals surface area contributed by atoms with Crippen molar-refractivity contribution in [2.45, 2.75) is 20.3 Å². The molecule has 94 valence electrons. The average molecular weight is 262 g/mol. The van der Waals surface area contributed by atoms with Crippen LogP contribution >= 0.6 is 11.3 Å². The molecule has 0 fully saturated rings. The van der Waals surface area contributed by atoms with Crippen LogP contribution in [0, 0.1) is 13.8 Å². The van der Waals surface area contributed by atoms with E-state index >= 15 is 0 Å². The molecule has 4 nitrogen and oxygen atoms in total. The number of ether oxygens (including phenoxy) is 1. The van der Waals surface area contributed by atoms with Gasteiger partial charge < -0.3 is 4.74 Å². The molecule has 0 aliphatic rings. The van der Waals surface area contributed by atoms with Gasteiger partial charge in [0.15, 0.2) is 0 Å². The third kappa shape index (κ3) is 2.73. The van der Waals surface area contributed by atoms with Crippen LogP contribution in [0.4, 0.5) is 0 Å². The summed E-state index contributed by atoms with van der Waals surface area (Å²) >= 11 is 1.61. The molecule has 0 aliphatic heterocycles. The zero-order valence-corrected chi connectivity index (χ0v) is 11.2. The van der Waals surface area contributed by atoms with Gasteiger partial charge in [-0.2, -0.15) is 0 Å². The minimum Gasteiger partial charge on any atom is -0.468 e. The Kier molecular flexibility index (Phi) is 4.04. The molecule has 0 saturated heterocycles. The number of hydrogen-bond donors (Lipinski definition) is 0. The molecular formula is C13H14N2O2S. The number of rotatable bonds is 5. The van der Waals surface area contributed by atoms with Crippen LogP contribution in [-0.2, 0) is 16.0 Å². The lowest BCUT2D eigenvalue weighted by Crippen LogP contribution is -1.95. The maximum atomic E-state index is 10.1. The number of aromatic nitrogens is 2. The monoisotopic (exact) mass is 262 g/mol. The van der Waals surface area contributed by atoms with Crippen molar-refractivity contribution in [1.29, 1.82) is 0 Å². The maximum Gasteiger partial charge on any atom is 0.293 e. The minimum absolute atomic E-state index is 0.396. The number of hydrogen-bond acceptors (Lipinski definition) is 5. The summed E-state index contributed by atoms with van der Waals surface area (Å²) in [5, 5.41) is 0.923. The molecular weight excluding hydrogens is 248 g/mol. The fourth-order valence-electron chi connectivity index (χ4n) is 1.67. The summed E-state index contributed by atoms with van der Waals surface area (Å²) in [6, 6.07) is 3.94. The second-order valence-corrected chi connectivity index (χ2v) is 5.00. The van der Waals surface area contributed by atoms with Crippen LogP contribution in [0.2, 0.25) is 0 Å². The number of thiazole rings is 1. The van der Waals surface area contributed by atoms with Gasteiger partial charge in [-0.25, -0.2) is 4.98 Å². The summed E-state index contributed by atoms with van der Waals surface area (Å²) in [4.78, 5) is 20.1. The molecule has 0 amide bonds. The average Bonchev–Trinajstić information content (AvgIpc) is 2.72. The normalized spacial score (nSPS) is 10.3. The molecule has 2 heterocycles. The molecule has 2 aromatic rings. The zero-order chi connectivity index (χ0) is 13.0. The van der Waals surface area contributed by atoms with Crippen molar-refractivity contribution in [2.75, 3.05) is 6.61 Å². The molecule has 5 heteroatoms. The van der Waals surface area contributed by atoms with Crippen LogP contribution in [-0.4, -0.2) is 23.0 Å². The van der Waals surface area contributed by atoms with Gasteiger partial charge in [-0.15, -0.1) is 11.3 Å². The van der Waals surface area contributed by atoms with Gasteiger partial charge in [0.2, 0.25) is 0 Å². The van der Waals surface area contributed by atoms with E-state index in [1.54, 1.807) is 17.5 Å². The number of nitrogens with zero attached hydrogens (tertiary/aromatic N) is 2. The van der Waals surface area contributed by atoms with Gasteiger partial charge >= 0.3 is 0 Å². The lowest BCUT2D eigenvalue weighted by molar-refractivity contribution is -0.128. The largest absolute Gasteiger partial charge is 0.468 e. The minimum atomic E-state index is 0.396. The van der Waals surface area contributed by atoms with E-state index in [1.165, 1.54) is 0 Å². The highest BCUT2D eigenvalue weighted by Crippen LogP contribution is 2.28. The highest BCUT2D eigenvalue weighted by molar-refractivity contribution is 7.15. The smallest absolute Gasteiger partial charge is 0.293 e. The van der Waals surface area contributed by atoms with E-state index in [9.17, 15) is 4.79 Å². The molecule has 0 saturated carbocycles. The van der Waals surface area contributed by atoms with E-state index in [1.807, 2.05) is 26.0 Å². The molecule has 0 N–H and O–H groups in total. The van der Waals surface area contributed by atoms with Crippen LogP contribution in [0.25, 0.3) is 10.7 Å². The lowest BCUT2D eigenvalue weighted by Gasteiger charge is -1.98. The first kappa shape index (κ1) is 12.7. The van der Waals surface area contributed by atoms with E-state index in [4.69, 9.17) is 4.74 Å². The molecule has 18 heavy (non-hydrogen) atoms. The summed E-state index contributed by atoms with van der Waals surface area (Å²) in [5.41, 5.74) is 3.02. The fourth-order valence-corrected chi connectivity index (χ4v) is 2.78. The van der Waals surface area contributed by atoms with Crippen molar-refractivity contribution in [3.63, 3.8) is 0 Å². The van der Waals surface area contributed by atoms with Gasteiger partial charge in [-0.3, -0.25) is 9.78 Å². The molecule has 0 bridgehead atoms. The van der Waals surface area contributed by atoms with Gasteiger partial charge in [0.25, 0.3) is 6.47 Å². The summed E-state index contributed by atoms with van der Waals surface area (Å²) in [6.07, 6.45) is 2.47. The Morgan fingerprint density at radius 3 is 3.00 bits per heavy atom. The predicted octanol–water partition coefficient (Wildman–Crippen LogP) is 2.54. The second kappa shape index (κ2) is 5.73. The first-order valence-electron chi connectivity index (χ1n) is 5.66. The Bertz CT molecular complexity index is 552. The number of carbonyl (C=O) groups excluding carboxylic acids is 1. The third-order valence-corrected chi connectivity index (χ3v) is 3.84. The van der Waals surface area contributed by atoms with E-state index < -0.39 is 0 Å². The van der Waals surface area contributed by atoms with E-state index in [0.29, 0.717) is 19.5 Å². The highest BCUT2D eigenvalue weighted by Gasteiger charge is 2.11. The van der Waals surface area contributed by atoms with Gasteiger partial charge in [-0.1, -0.05) is 6.07 Å². The number of pyridine rings is 1. The van der Waals surface area contributed by atoms with E-state index in [0.717, 1.165) is 26.8 Å². The van der Waals surface area contributed by atoms with Crippen molar-refractivity contribution in [3.05, 3.63) is 34.5 Å². The summed E-state index contributed by atoms with van der Waals surface area (Å²) in [6.45, 7) is 4.86. The van der Waals surface area contributed by atoms with Crippen LogP contribution in [0.15, 0.2) is 18.3 Å². The third-order valence-electron chi connectivity index (χ3n) is 2.62. The SMILES string of the molecule is Cc1cccnc1-c1nc(C)c(CCOC=O)s1. The Labute approximate surface area is 110 Å². The number of carbonyl (C=O) groups is 1. The lowest BCUT2D eigenvalue weighted by atomic mass is 10.2. The molecule has 0 spiro atoms. The molecule has 0 atom stereocenters. The Morgan fingerprint density at radius 2 is 2.28 bits per heavy atom. The topological polar surface area (TPSA) is 52.1 Å². The summed E-state index contributed by atoms with van der Waals surface area (Å²) < 4.78 is 4.71. The molecule has 0 unspecified atom stereocenters. The summed E-state index contributed by atoms with van der Waals surface area (Å²) in [7, 11) is 0. The Morgan fingerprint density at radius 1 is 1.44 bits per heavy atom. The highest BCUT2D eigenvalue weighted by atomic mass is 32.1. The van der Waals surface area contributed by atoms with Crippen molar-refractivity contribution in [2.24, 2.45) is 0 Å². The van der Waals surface area contributed by atoms with Crippen LogP contribution in [0.5, 0.6) is 0 Å². The first-order valence-corrected chi connectivity index (χ1v) is 6.47. The van der Waals surface area contributed by atoms with E-state index in [-0.39, 0.29) is 0 Å². The fraction of sp³-hybridized carbons (Fsp3) is 0.308. The van der Waals surface area contributed by atoms with Crippen LogP contribution in [0.1, 0.15) is 16.1 Å². The van der Waals surface area contributed by atoms with Gasteiger partial charge in [0, 0.05) is 17.5 Å². The van der Waals surface area contributed by atoms with Crippen molar-refractivity contribution < 1.29 is 9.53 Å². The molecule has 0 aromatic carbocycles. The standard InChI is InChI=1S/C13H14N2O2S/c1-9-4-3-6-14-12(9)13-15-10(2)11(18-13)5-7-17-8-16/h3-4,6,8H,5,7H2,1-2H3. The van der Waals surface area contributed by atoms with Crippen LogP contribution in [0.3, 0.4) is 0 Å². The van der Waals surface area contributed by atoms with Crippen molar-refractivity contribution >= 4 is 17.8 Å². The quantitative estimate of drug-likeness (QED) is 0.614. The Balaban J connectivity index is 2.23. The van der Waals surface area contributed by atoms with E-state index in [2.05, 4.69) is 9.97 Å². The van der Waals surface area contributed by atoms with Crippen molar-refractivity contribution in [1.82, 2.24) is 9.97 Å². The van der Waals surface area contributed by atoms with Gasteiger partial charge in [0.05, 0.1) is 12.3 Å².